The maximum Gasteiger partial charge on any atom is 0.413 e. The molecule has 2 N–H and O–H groups in total. The topological polar surface area (TPSA) is 89.5 Å². The third kappa shape index (κ3) is 3.48. The Kier molecular flexibility index (Phi) is 4.66. The van der Waals surface area contributed by atoms with E-state index in [1.165, 1.54) is 25.4 Å². The largest absolute Gasteiger partial charge is 0.493 e. The highest BCUT2D eigenvalue weighted by atomic mass is 32.1. The van der Waals surface area contributed by atoms with Crippen LogP contribution >= 0.6 is 11.3 Å². The van der Waals surface area contributed by atoms with Crippen molar-refractivity contribution in [2.75, 3.05) is 19.0 Å². The third-order valence-electron chi connectivity index (χ3n) is 3.62. The van der Waals surface area contributed by atoms with Crippen LogP contribution in [-0.4, -0.2) is 30.7 Å². The Hall–Kier alpha value is -2.61. The number of thiazole rings is 1. The number of ether oxygens (including phenoxy) is 2. The van der Waals surface area contributed by atoms with Gasteiger partial charge in [-0.05, 0) is 18.2 Å². The zero-order valence-electron chi connectivity index (χ0n) is 13.3. The molecule has 0 radical (unpaired) electrons. The number of amides is 2. The van der Waals surface area contributed by atoms with Crippen molar-refractivity contribution in [2.24, 2.45) is 0 Å². The number of carbonyl (C=O) groups excluding carboxylic acids is 2. The Morgan fingerprint density at radius 1 is 1.42 bits per heavy atom. The van der Waals surface area contributed by atoms with Crippen molar-refractivity contribution in [3.8, 4) is 17.0 Å². The first kappa shape index (κ1) is 16.3. The predicted molar refractivity (Wildman–Crippen MR) is 90.2 cm³/mol. The van der Waals surface area contributed by atoms with Crippen molar-refractivity contribution in [3.63, 3.8) is 0 Å². The van der Waals surface area contributed by atoms with Gasteiger partial charge in [-0.3, -0.25) is 10.1 Å². The molecule has 2 heterocycles. The van der Waals surface area contributed by atoms with E-state index in [4.69, 9.17) is 4.74 Å². The van der Waals surface area contributed by atoms with Crippen molar-refractivity contribution < 1.29 is 19.1 Å². The van der Waals surface area contributed by atoms with Crippen molar-refractivity contribution in [1.82, 2.24) is 10.3 Å². The van der Waals surface area contributed by atoms with Crippen molar-refractivity contribution in [3.05, 3.63) is 29.1 Å². The molecule has 2 amide bonds. The molecule has 1 aromatic heterocycles. The van der Waals surface area contributed by atoms with E-state index in [2.05, 4.69) is 20.4 Å². The Morgan fingerprint density at radius 2 is 2.25 bits per heavy atom. The lowest BCUT2D eigenvalue weighted by Crippen LogP contribution is -2.30. The second-order valence-corrected chi connectivity index (χ2v) is 6.16. The number of aromatic nitrogens is 1. The summed E-state index contributed by atoms with van der Waals surface area (Å²) in [7, 11) is 1.30. The standard InChI is InChI=1S/C16H17N3O4S/c1-9(20)17-12-5-6-23-14-4-3-10(7-11(12)14)13-8-24-15(18-13)19-16(21)22-2/h3-4,7-8,12H,5-6H2,1-2H3,(H,17,20)(H,18,19,21). The average Bonchev–Trinajstić information content (AvgIpc) is 3.02. The summed E-state index contributed by atoms with van der Waals surface area (Å²) in [6, 6.07) is 5.68. The molecule has 0 spiro atoms. The van der Waals surface area contributed by atoms with E-state index in [1.54, 1.807) is 0 Å². The Bertz CT molecular complexity index is 774. The van der Waals surface area contributed by atoms with Gasteiger partial charge in [-0.15, -0.1) is 11.3 Å². The van der Waals surface area contributed by atoms with Gasteiger partial charge >= 0.3 is 6.09 Å². The molecule has 0 saturated heterocycles. The lowest BCUT2D eigenvalue weighted by atomic mass is 9.97. The van der Waals surface area contributed by atoms with Gasteiger partial charge in [0, 0.05) is 29.9 Å². The normalized spacial score (nSPS) is 15.8. The molecular formula is C16H17N3O4S. The highest BCUT2D eigenvalue weighted by molar-refractivity contribution is 7.14. The van der Waals surface area contributed by atoms with E-state index in [1.807, 2.05) is 23.6 Å². The fourth-order valence-electron chi connectivity index (χ4n) is 2.55. The third-order valence-corrected chi connectivity index (χ3v) is 4.38. The molecule has 1 aromatic carbocycles. The molecular weight excluding hydrogens is 330 g/mol. The fourth-order valence-corrected chi connectivity index (χ4v) is 3.26. The molecule has 24 heavy (non-hydrogen) atoms. The highest BCUT2D eigenvalue weighted by Gasteiger charge is 2.23. The molecule has 8 heteroatoms. The minimum atomic E-state index is -0.555. The van der Waals surface area contributed by atoms with Gasteiger partial charge in [-0.2, -0.15) is 0 Å². The Balaban J connectivity index is 1.87. The maximum absolute atomic E-state index is 11.4. The lowest BCUT2D eigenvalue weighted by Gasteiger charge is -2.26. The van der Waals surface area contributed by atoms with E-state index < -0.39 is 6.09 Å². The summed E-state index contributed by atoms with van der Waals surface area (Å²) >= 11 is 1.31. The molecule has 126 valence electrons. The van der Waals surface area contributed by atoms with Gasteiger partial charge in [0.1, 0.15) is 5.75 Å². The summed E-state index contributed by atoms with van der Waals surface area (Å²) in [5.41, 5.74) is 2.56. The quantitative estimate of drug-likeness (QED) is 0.891. The van der Waals surface area contributed by atoms with Crippen LogP contribution in [0.1, 0.15) is 24.9 Å². The molecule has 0 fully saturated rings. The summed E-state index contributed by atoms with van der Waals surface area (Å²) < 4.78 is 10.2. The van der Waals surface area contributed by atoms with Crippen molar-refractivity contribution in [1.29, 1.82) is 0 Å². The fraction of sp³-hybridized carbons (Fsp3) is 0.312. The van der Waals surface area contributed by atoms with Gasteiger partial charge < -0.3 is 14.8 Å². The number of hydrogen-bond acceptors (Lipinski definition) is 6. The van der Waals surface area contributed by atoms with Gasteiger partial charge in [-0.25, -0.2) is 9.78 Å². The van der Waals surface area contributed by atoms with E-state index in [0.717, 1.165) is 29.0 Å². The second-order valence-electron chi connectivity index (χ2n) is 5.30. The van der Waals surface area contributed by atoms with Crippen LogP contribution in [-0.2, 0) is 9.53 Å². The van der Waals surface area contributed by atoms with Crippen LogP contribution in [0.5, 0.6) is 5.75 Å². The summed E-state index contributed by atoms with van der Waals surface area (Å²) in [4.78, 5) is 27.0. The van der Waals surface area contributed by atoms with E-state index in [0.29, 0.717) is 11.7 Å². The molecule has 1 aliphatic heterocycles. The zero-order chi connectivity index (χ0) is 17.1. The summed E-state index contributed by atoms with van der Waals surface area (Å²) in [6.07, 6.45) is 0.169. The van der Waals surface area contributed by atoms with Gasteiger partial charge in [0.2, 0.25) is 5.91 Å². The smallest absolute Gasteiger partial charge is 0.413 e. The zero-order valence-corrected chi connectivity index (χ0v) is 14.1. The minimum absolute atomic E-state index is 0.0718. The van der Waals surface area contributed by atoms with Crippen LogP contribution in [0, 0.1) is 0 Å². The van der Waals surface area contributed by atoms with Gasteiger partial charge in [0.05, 0.1) is 25.5 Å². The summed E-state index contributed by atoms with van der Waals surface area (Å²) in [5, 5.41) is 7.80. The van der Waals surface area contributed by atoms with E-state index in [9.17, 15) is 9.59 Å². The van der Waals surface area contributed by atoms with Crippen LogP contribution in [0.3, 0.4) is 0 Å². The lowest BCUT2D eigenvalue weighted by molar-refractivity contribution is -0.119. The van der Waals surface area contributed by atoms with Crippen LogP contribution in [0.4, 0.5) is 9.93 Å². The summed E-state index contributed by atoms with van der Waals surface area (Å²) in [5.74, 6) is 0.698. The number of nitrogens with one attached hydrogen (secondary N) is 2. The predicted octanol–water partition coefficient (Wildman–Crippen LogP) is 2.95. The first-order valence-electron chi connectivity index (χ1n) is 7.41. The van der Waals surface area contributed by atoms with Gasteiger partial charge in [0.25, 0.3) is 0 Å². The monoisotopic (exact) mass is 347 g/mol. The number of nitrogens with zero attached hydrogens (tertiary/aromatic N) is 1. The number of anilines is 1. The van der Waals surface area contributed by atoms with Gasteiger partial charge in [-0.1, -0.05) is 0 Å². The number of benzene rings is 1. The molecule has 1 unspecified atom stereocenters. The molecule has 0 saturated carbocycles. The number of carbonyl (C=O) groups is 2. The average molecular weight is 347 g/mol. The first-order valence-corrected chi connectivity index (χ1v) is 8.29. The molecule has 7 nitrogen and oxygen atoms in total. The van der Waals surface area contributed by atoms with Crippen LogP contribution in [0.2, 0.25) is 0 Å². The van der Waals surface area contributed by atoms with E-state index in [-0.39, 0.29) is 11.9 Å². The second kappa shape index (κ2) is 6.88. The number of methoxy groups -OCH3 is 1. The number of fused-ring (bicyclic) bond motifs is 1. The Labute approximate surface area is 143 Å². The van der Waals surface area contributed by atoms with Crippen molar-refractivity contribution >= 4 is 28.5 Å². The molecule has 0 bridgehead atoms. The van der Waals surface area contributed by atoms with Crippen LogP contribution < -0.4 is 15.4 Å². The molecule has 3 rings (SSSR count). The number of hydrogen-bond donors (Lipinski definition) is 2. The highest BCUT2D eigenvalue weighted by Crippen LogP contribution is 2.36. The van der Waals surface area contributed by atoms with Crippen LogP contribution in [0.25, 0.3) is 11.3 Å². The molecule has 1 aliphatic rings. The van der Waals surface area contributed by atoms with E-state index >= 15 is 0 Å². The maximum atomic E-state index is 11.4. The Morgan fingerprint density at radius 3 is 3.00 bits per heavy atom. The minimum Gasteiger partial charge on any atom is -0.493 e. The van der Waals surface area contributed by atoms with Crippen LogP contribution in [0.15, 0.2) is 23.6 Å². The summed E-state index contributed by atoms with van der Waals surface area (Å²) in [6.45, 7) is 2.07. The van der Waals surface area contributed by atoms with Crippen molar-refractivity contribution in [2.45, 2.75) is 19.4 Å². The SMILES string of the molecule is COC(=O)Nc1nc(-c2ccc3c(c2)C(NC(C)=O)CCO3)cs1. The molecule has 1 atom stereocenters. The molecule has 0 aliphatic carbocycles. The molecule has 2 aromatic rings. The number of rotatable bonds is 3. The first-order chi connectivity index (χ1) is 11.6. The van der Waals surface area contributed by atoms with Gasteiger partial charge in [0.15, 0.2) is 5.13 Å².